The maximum Gasteiger partial charge on any atom is 0.245 e. The molecule has 0 spiro atoms. The summed E-state index contributed by atoms with van der Waals surface area (Å²) in [6, 6.07) is 16.0. The van der Waals surface area contributed by atoms with Crippen molar-refractivity contribution >= 4 is 149 Å². The third-order valence-electron chi connectivity index (χ3n) is 22.2. The number of unbranched alkanes of at least 4 members (excludes halogenated alkanes) is 1. The van der Waals surface area contributed by atoms with E-state index in [9.17, 15) is 62.6 Å². The predicted molar refractivity (Wildman–Crippen MR) is 465 cm³/mol. The fourth-order valence-corrected chi connectivity index (χ4v) is 18.2. The number of aromatic amines is 1. The van der Waals surface area contributed by atoms with Gasteiger partial charge in [0.25, 0.3) is 0 Å². The van der Waals surface area contributed by atoms with Crippen LogP contribution in [-0.4, -0.2) is 206 Å². The van der Waals surface area contributed by atoms with Crippen molar-refractivity contribution in [3.63, 3.8) is 0 Å². The number of nitrogens with one attached hydrogen (secondary N) is 9. The summed E-state index contributed by atoms with van der Waals surface area (Å²) in [6.45, 7) is 10.1. The number of carbonyl (C=O) groups is 18. The Morgan fingerprint density at radius 3 is 1.88 bits per heavy atom. The zero-order valence-corrected chi connectivity index (χ0v) is 73.0. The highest BCUT2D eigenvalue weighted by molar-refractivity contribution is 8.77. The number of aromatic nitrogens is 1. The predicted octanol–water partition coefficient (Wildman–Crippen LogP) is 1.17. The molecule has 12 unspecified atom stereocenters. The van der Waals surface area contributed by atoms with Gasteiger partial charge in [0.05, 0.1) is 48.4 Å². The van der Waals surface area contributed by atoms with Gasteiger partial charge in [-0.05, 0) is 112 Å². The van der Waals surface area contributed by atoms with E-state index >= 15 is 28.8 Å². The zero-order valence-electron chi connectivity index (χ0n) is 71.3. The van der Waals surface area contributed by atoms with Gasteiger partial charge in [0, 0.05) is 149 Å². The van der Waals surface area contributed by atoms with E-state index in [0.29, 0.717) is 39.8 Å². The Labute approximate surface area is 731 Å². The van der Waals surface area contributed by atoms with Crippen LogP contribution in [0.25, 0.3) is 21.7 Å². The average molecular weight is 1770 g/mol. The molecule has 4 aromatic carbocycles. The first-order chi connectivity index (χ1) is 59.0. The van der Waals surface area contributed by atoms with Gasteiger partial charge in [-0.2, -0.15) is 0 Å². The smallest absolute Gasteiger partial charge is 0.245 e. The van der Waals surface area contributed by atoms with Gasteiger partial charge in [0.15, 0.2) is 28.9 Å². The van der Waals surface area contributed by atoms with Crippen molar-refractivity contribution in [2.24, 2.45) is 64.0 Å². The van der Waals surface area contributed by atoms with Gasteiger partial charge in [-0.1, -0.05) is 101 Å². The highest BCUT2D eigenvalue weighted by Crippen LogP contribution is 2.50. The molecular formula is C87H117N15O21S2. The molecule has 13 amide bonds. The zero-order chi connectivity index (χ0) is 92.2. The summed E-state index contributed by atoms with van der Waals surface area (Å²) in [5, 5.41) is 34.9. The number of rotatable bonds is 41. The lowest BCUT2D eigenvalue weighted by Crippen LogP contribution is -2.60. The summed E-state index contributed by atoms with van der Waals surface area (Å²) < 4.78 is 8.55. The van der Waals surface area contributed by atoms with Crippen LogP contribution in [0, 0.1) is 29.6 Å². The molecule has 2 saturated heterocycles. The van der Waals surface area contributed by atoms with Gasteiger partial charge in [0.1, 0.15) is 36.0 Å². The van der Waals surface area contributed by atoms with Crippen molar-refractivity contribution in [1.29, 1.82) is 0 Å². The van der Waals surface area contributed by atoms with E-state index in [2.05, 4.69) is 47.5 Å². The van der Waals surface area contributed by atoms with Crippen LogP contribution >= 0.6 is 21.6 Å². The highest BCUT2D eigenvalue weighted by atomic mass is 33.1. The minimum absolute atomic E-state index is 0.0744. The summed E-state index contributed by atoms with van der Waals surface area (Å²) in [4.78, 5) is 258. The first-order valence-electron chi connectivity index (χ1n) is 41.5. The topological polar surface area (TPSA) is 614 Å². The monoisotopic (exact) mass is 1770 g/mol. The number of H-pyrrole nitrogens is 1. The molecule has 7 rings (SSSR count). The number of fused-ring (bicyclic) bond motifs is 2. The van der Waals surface area contributed by atoms with Crippen LogP contribution in [0.1, 0.15) is 161 Å². The molecule has 36 nitrogen and oxygen atoms in total. The van der Waals surface area contributed by atoms with Gasteiger partial charge in [-0.3, -0.25) is 86.3 Å². The molecule has 0 radical (unpaired) electrons. The third-order valence-corrected chi connectivity index (χ3v) is 26.5. The Morgan fingerprint density at radius 1 is 0.616 bits per heavy atom. The second kappa shape index (κ2) is 47.0. The largest absolute Gasteiger partial charge is 0.492 e. The molecule has 125 heavy (non-hydrogen) atoms. The van der Waals surface area contributed by atoms with E-state index in [0.717, 1.165) is 46.2 Å². The van der Waals surface area contributed by atoms with E-state index in [1.807, 2.05) is 30.3 Å². The number of para-hydroxylation sites is 1. The molecule has 0 bridgehead atoms. The summed E-state index contributed by atoms with van der Waals surface area (Å²) >= 11 is 0. The molecule has 678 valence electrons. The lowest BCUT2D eigenvalue weighted by molar-refractivity contribution is -0.141. The van der Waals surface area contributed by atoms with Crippen molar-refractivity contribution in [3.8, 4) is 5.75 Å². The van der Waals surface area contributed by atoms with Crippen molar-refractivity contribution in [3.05, 3.63) is 114 Å². The van der Waals surface area contributed by atoms with E-state index in [1.165, 1.54) is 6.92 Å². The molecule has 3 heterocycles. The number of ether oxygens (including phenoxy) is 2. The molecule has 0 aliphatic carbocycles. The van der Waals surface area contributed by atoms with Gasteiger partial charge in [0.2, 0.25) is 76.8 Å². The number of hydrogen-bond donors (Lipinski definition) is 16. The minimum atomic E-state index is -1.89. The second-order valence-corrected chi connectivity index (χ2v) is 36.6. The van der Waals surface area contributed by atoms with E-state index in [4.69, 9.17) is 43.9 Å². The number of aliphatic hydroxyl groups is 1. The summed E-state index contributed by atoms with van der Waals surface area (Å²) in [5.74, 6) is -23.2. The molecule has 2 aliphatic rings. The third kappa shape index (κ3) is 30.7. The van der Waals surface area contributed by atoms with Crippen LogP contribution in [0.5, 0.6) is 5.75 Å². The van der Waals surface area contributed by atoms with Gasteiger partial charge < -0.3 is 96.5 Å². The number of primary amides is 5. The molecule has 2 fully saturated rings. The molecular weight excluding hydrogens is 1660 g/mol. The van der Waals surface area contributed by atoms with Gasteiger partial charge >= 0.3 is 0 Å². The number of benzene rings is 4. The minimum Gasteiger partial charge on any atom is -0.492 e. The first-order valence-corrected chi connectivity index (χ1v) is 43.6. The summed E-state index contributed by atoms with van der Waals surface area (Å²) in [6.07, 6.45) is -7.78. The Balaban J connectivity index is 1.35. The molecule has 2 aliphatic heterocycles. The van der Waals surface area contributed by atoms with Crippen LogP contribution in [-0.2, 0) is 110 Å². The van der Waals surface area contributed by atoms with Crippen LogP contribution in [0.15, 0.2) is 97.2 Å². The van der Waals surface area contributed by atoms with E-state index < -0.39 is 251 Å². The second-order valence-electron chi connectivity index (χ2n) is 33.1. The van der Waals surface area contributed by atoms with Crippen molar-refractivity contribution in [2.75, 3.05) is 32.9 Å². The first kappa shape index (κ1) is 101. The van der Waals surface area contributed by atoms with Crippen molar-refractivity contribution in [2.45, 2.75) is 221 Å². The standard InChI is InChI=1S/C87H117N15O21S2/c1-47(103)76-84(121)100-66(37-58-46-95-62-18-11-10-17-60(58)62)83(120)97-63(25-26-72(89)111)69(108)44-61(85(4,5)124-125-86(6,7)77(96-49(3)105)70(109)40-57(43-74(91)113)80(117)101-76)82(119)99-64(36-50-20-23-59(24-21-50)123-33-29-88)68(107)39-56(35-51-19-22-52-14-8-9-15-53(52)34-51)81(118)102-87(27-31-122-32-28-87)71(110)41-54(16-12-13-30-94-48(2)104)79(116)98-65(45-75(92)114)67(106)38-55(78(93)115)42-73(90)112/h8-11,14-15,17-24,34,46-47,54-57,61,63-66,76-77,95,103H,12-13,16,25-33,35-45,88H2,1-7H3,(H2,89,111)(H2,90,112)(H2,91,113)(H2,92,114)(H2,93,115)(H,94,104)(H,96,105)(H,97,120)(H,98,116)(H,99,119)(H,100,121)(H,101,117)(H,102,118). The molecule has 22 N–H and O–H groups in total. The van der Waals surface area contributed by atoms with Crippen molar-refractivity contribution in [1.82, 2.24) is 47.5 Å². The highest BCUT2D eigenvalue weighted by Gasteiger charge is 2.48. The number of amides is 13. The van der Waals surface area contributed by atoms with Gasteiger partial charge in [-0.15, -0.1) is 0 Å². The maximum atomic E-state index is 16.3. The van der Waals surface area contributed by atoms with Crippen LogP contribution in [0.4, 0.5) is 0 Å². The Morgan fingerprint density at radius 2 is 1.25 bits per heavy atom. The molecule has 5 aromatic rings. The molecule has 38 heteroatoms. The molecule has 12 atom stereocenters. The number of aliphatic hydroxyl groups excluding tert-OH is 1. The number of Topliss-reactive ketones (excluding diaryl/α,β-unsaturated/α-hetero) is 5. The Hall–Kier alpha value is -11.5. The number of hydrogen-bond acceptors (Lipinski definition) is 24. The normalized spacial score (nSPS) is 20.3. The quantitative estimate of drug-likeness (QED) is 0.0193. The lowest BCUT2D eigenvalue weighted by Gasteiger charge is -2.39. The van der Waals surface area contributed by atoms with E-state index in [-0.39, 0.29) is 83.8 Å². The summed E-state index contributed by atoms with van der Waals surface area (Å²) in [7, 11) is 1.93. The number of carbonyl (C=O) groups excluding carboxylic acids is 18. The SMILES string of the molecule is CC(=O)NCCCCC(CC(=O)C1(NC(=O)C(CC(=O)C(Cc2ccc(OCCN)cc2)NC(=O)C2CC(=O)C(CCC(N)=O)NC(=O)C(Cc3c[nH]c4ccccc34)NC(=O)C(C(C)O)NC(=O)C(CC(N)=O)CC(=O)C(NC(C)=O)C(C)(C)SSC2(C)C)Cc2ccc3ccccc3c2)CCOCC1)C(=O)NC(CC(N)=O)C(=O)CC(CC(N)=O)C(N)=O. The van der Waals surface area contributed by atoms with Crippen LogP contribution in [0.3, 0.4) is 0 Å². The number of nitrogens with two attached hydrogens (primary N) is 6. The number of ketones is 5. The molecule has 1 aromatic heterocycles. The lowest BCUT2D eigenvalue weighted by atomic mass is 9.79. The maximum absolute atomic E-state index is 16.3. The van der Waals surface area contributed by atoms with Crippen LogP contribution in [0.2, 0.25) is 0 Å². The van der Waals surface area contributed by atoms with E-state index in [1.54, 1.807) is 94.6 Å². The fourth-order valence-electron chi connectivity index (χ4n) is 15.2. The average Bonchev–Trinajstić information content (AvgIpc) is 1.28. The van der Waals surface area contributed by atoms with Crippen LogP contribution < -0.4 is 81.7 Å². The Kier molecular flexibility index (Phi) is 37.8. The Bertz CT molecular complexity index is 4780. The van der Waals surface area contributed by atoms with Crippen molar-refractivity contribution < 1.29 is 101 Å². The summed E-state index contributed by atoms with van der Waals surface area (Å²) in [5.41, 5.74) is 33.8. The molecule has 0 saturated carbocycles. The van der Waals surface area contributed by atoms with Gasteiger partial charge in [-0.25, -0.2) is 0 Å². The fraction of sp³-hybridized carbons (Fsp3) is 0.517.